The van der Waals surface area contributed by atoms with E-state index in [1.54, 1.807) is 5.10 Å². The van der Waals surface area contributed by atoms with Gasteiger partial charge in [-0.05, 0) is 6.07 Å². The van der Waals surface area contributed by atoms with Crippen LogP contribution in [0.2, 0.25) is 0 Å². The average molecular weight is 243 g/mol. The molecule has 88 valence electrons. The van der Waals surface area contributed by atoms with Crippen LogP contribution < -0.4 is 5.76 Å². The van der Waals surface area contributed by atoms with Gasteiger partial charge in [0, 0.05) is 6.07 Å². The maximum absolute atomic E-state index is 13.6. The minimum atomic E-state index is -1.45. The lowest BCUT2D eigenvalue weighted by Crippen LogP contribution is -1.98. The van der Waals surface area contributed by atoms with Crippen molar-refractivity contribution in [2.24, 2.45) is 0 Å². The Morgan fingerprint density at radius 3 is 2.65 bits per heavy atom. The number of benzene rings is 1. The molecule has 0 fully saturated rings. The average Bonchev–Trinajstić information content (AvgIpc) is 2.64. The number of H-pyrrole nitrogens is 1. The third kappa shape index (κ3) is 1.77. The summed E-state index contributed by atoms with van der Waals surface area (Å²) in [5.41, 5.74) is -1.80. The van der Waals surface area contributed by atoms with Crippen LogP contribution in [0.15, 0.2) is 21.3 Å². The molecular weight excluding hydrogens is 240 g/mol. The van der Waals surface area contributed by atoms with Gasteiger partial charge in [0.15, 0.2) is 0 Å². The van der Waals surface area contributed by atoms with E-state index in [0.717, 1.165) is 0 Å². The van der Waals surface area contributed by atoms with E-state index in [9.17, 15) is 23.7 Å². The first-order valence-electron chi connectivity index (χ1n) is 4.19. The van der Waals surface area contributed by atoms with Crippen LogP contribution in [-0.2, 0) is 0 Å². The largest absolute Gasteiger partial charge is 0.434 e. The summed E-state index contributed by atoms with van der Waals surface area (Å²) in [6.45, 7) is 0. The monoisotopic (exact) mass is 243 g/mol. The molecule has 0 amide bonds. The Balaban J connectivity index is 2.72. The molecule has 9 heteroatoms. The van der Waals surface area contributed by atoms with Gasteiger partial charge in [-0.15, -0.1) is 5.10 Å². The molecule has 2 aromatic rings. The number of rotatable bonds is 2. The first-order valence-corrected chi connectivity index (χ1v) is 4.19. The third-order valence-electron chi connectivity index (χ3n) is 1.92. The van der Waals surface area contributed by atoms with Gasteiger partial charge in [0.1, 0.15) is 11.4 Å². The zero-order valence-electron chi connectivity index (χ0n) is 7.94. The highest BCUT2D eigenvalue weighted by Gasteiger charge is 2.25. The smallest absolute Gasteiger partial charge is 0.388 e. The Bertz CT molecular complexity index is 648. The van der Waals surface area contributed by atoms with E-state index in [-0.39, 0.29) is 0 Å². The van der Waals surface area contributed by atoms with Gasteiger partial charge in [-0.3, -0.25) is 10.1 Å². The molecular formula is C8H3F2N3O4. The molecule has 1 aromatic carbocycles. The van der Waals surface area contributed by atoms with Crippen molar-refractivity contribution >= 4 is 5.69 Å². The Labute approximate surface area is 90.8 Å². The van der Waals surface area contributed by atoms with Gasteiger partial charge in [-0.1, -0.05) is 0 Å². The van der Waals surface area contributed by atoms with Crippen molar-refractivity contribution in [2.75, 3.05) is 0 Å². The maximum atomic E-state index is 13.6. The summed E-state index contributed by atoms with van der Waals surface area (Å²) in [6.07, 6.45) is 0. The molecule has 0 radical (unpaired) electrons. The lowest BCUT2D eigenvalue weighted by atomic mass is 10.1. The lowest BCUT2D eigenvalue weighted by molar-refractivity contribution is -0.387. The van der Waals surface area contributed by atoms with Crippen molar-refractivity contribution < 1.29 is 18.1 Å². The highest BCUT2D eigenvalue weighted by atomic mass is 19.1. The van der Waals surface area contributed by atoms with Crippen LogP contribution >= 0.6 is 0 Å². The molecule has 0 aliphatic rings. The number of hydrogen-bond acceptors (Lipinski definition) is 5. The van der Waals surface area contributed by atoms with E-state index in [2.05, 4.69) is 9.52 Å². The second-order valence-corrected chi connectivity index (χ2v) is 2.93. The number of halogens is 2. The number of aromatic nitrogens is 2. The summed E-state index contributed by atoms with van der Waals surface area (Å²) in [7, 11) is 0. The second-order valence-electron chi connectivity index (χ2n) is 2.93. The van der Waals surface area contributed by atoms with Gasteiger partial charge in [-0.2, -0.15) is 4.39 Å². The molecule has 0 aliphatic heterocycles. The first-order chi connectivity index (χ1) is 8.00. The van der Waals surface area contributed by atoms with Gasteiger partial charge < -0.3 is 4.42 Å². The third-order valence-corrected chi connectivity index (χ3v) is 1.92. The highest BCUT2D eigenvalue weighted by Crippen LogP contribution is 2.29. The molecule has 0 aliphatic carbocycles. The molecule has 17 heavy (non-hydrogen) atoms. The van der Waals surface area contributed by atoms with Crippen LogP contribution in [0.25, 0.3) is 11.5 Å². The number of nitro groups is 1. The number of aromatic amines is 1. The minimum Gasteiger partial charge on any atom is -0.388 e. The van der Waals surface area contributed by atoms with Gasteiger partial charge >= 0.3 is 11.4 Å². The highest BCUT2D eigenvalue weighted by molar-refractivity contribution is 5.59. The van der Waals surface area contributed by atoms with Crippen molar-refractivity contribution in [3.8, 4) is 11.5 Å². The summed E-state index contributed by atoms with van der Waals surface area (Å²) >= 11 is 0. The second kappa shape index (κ2) is 3.77. The van der Waals surface area contributed by atoms with Crippen LogP contribution in [0, 0.1) is 21.7 Å². The molecule has 0 unspecified atom stereocenters. The van der Waals surface area contributed by atoms with Crippen LogP contribution in [0.1, 0.15) is 0 Å². The molecule has 0 saturated carbocycles. The standard InChI is InChI=1S/C8H3F2N3O4/c9-3-1-2-4(13(15)16)6(10)5(3)7-11-12-8(14)17-7/h1-2H,(H,12,14). The topological polar surface area (TPSA) is 102 Å². The predicted octanol–water partition coefficient (Wildman–Crippen LogP) is 1.22. The van der Waals surface area contributed by atoms with E-state index in [1.165, 1.54) is 0 Å². The molecule has 0 atom stereocenters. The zero-order valence-corrected chi connectivity index (χ0v) is 7.94. The Morgan fingerprint density at radius 1 is 1.41 bits per heavy atom. The van der Waals surface area contributed by atoms with Crippen molar-refractivity contribution in [1.82, 2.24) is 10.2 Å². The summed E-state index contributed by atoms with van der Waals surface area (Å²) in [5.74, 6) is -4.28. The lowest BCUT2D eigenvalue weighted by Gasteiger charge is -2.00. The first kappa shape index (κ1) is 10.9. The summed E-state index contributed by atoms with van der Waals surface area (Å²) < 4.78 is 31.2. The Morgan fingerprint density at radius 2 is 2.12 bits per heavy atom. The molecule has 7 nitrogen and oxygen atoms in total. The molecule has 2 rings (SSSR count). The summed E-state index contributed by atoms with van der Waals surface area (Å²) in [6, 6.07) is 1.35. The van der Waals surface area contributed by atoms with Crippen molar-refractivity contribution in [1.29, 1.82) is 0 Å². The van der Waals surface area contributed by atoms with E-state index in [0.29, 0.717) is 12.1 Å². The van der Waals surface area contributed by atoms with Crippen LogP contribution in [0.5, 0.6) is 0 Å². The van der Waals surface area contributed by atoms with E-state index < -0.39 is 39.5 Å². The molecule has 0 spiro atoms. The van der Waals surface area contributed by atoms with Crippen molar-refractivity contribution in [2.45, 2.75) is 0 Å². The van der Waals surface area contributed by atoms with Gasteiger partial charge in [0.25, 0.3) is 5.89 Å². The van der Waals surface area contributed by atoms with E-state index in [1.807, 2.05) is 0 Å². The van der Waals surface area contributed by atoms with Gasteiger partial charge in [-0.25, -0.2) is 14.3 Å². The van der Waals surface area contributed by atoms with Crippen molar-refractivity contribution in [3.63, 3.8) is 0 Å². The van der Waals surface area contributed by atoms with Crippen LogP contribution in [0.4, 0.5) is 14.5 Å². The minimum absolute atomic E-state index is 0.666. The predicted molar refractivity (Wildman–Crippen MR) is 49.1 cm³/mol. The number of nitrogens with zero attached hydrogens (tertiary/aromatic N) is 2. The fourth-order valence-corrected chi connectivity index (χ4v) is 1.22. The summed E-state index contributed by atoms with van der Waals surface area (Å²) in [4.78, 5) is 20.1. The van der Waals surface area contributed by atoms with Gasteiger partial charge in [0.05, 0.1) is 4.92 Å². The van der Waals surface area contributed by atoms with Crippen LogP contribution in [-0.4, -0.2) is 15.1 Å². The number of nitro benzene ring substituents is 1. The fourth-order valence-electron chi connectivity index (χ4n) is 1.22. The molecule has 1 aromatic heterocycles. The Hall–Kier alpha value is -2.58. The number of nitrogens with one attached hydrogen (secondary N) is 1. The number of hydrogen-bond donors (Lipinski definition) is 1. The van der Waals surface area contributed by atoms with Crippen LogP contribution in [0.3, 0.4) is 0 Å². The normalized spacial score (nSPS) is 10.5. The SMILES string of the molecule is O=c1[nH]nc(-c2c(F)ccc([N+](=O)[O-])c2F)o1. The zero-order chi connectivity index (χ0) is 12.6. The van der Waals surface area contributed by atoms with E-state index in [4.69, 9.17) is 0 Å². The molecule has 0 saturated heterocycles. The molecule has 1 N–H and O–H groups in total. The quantitative estimate of drug-likeness (QED) is 0.630. The molecule has 0 bridgehead atoms. The summed E-state index contributed by atoms with van der Waals surface area (Å²) in [5, 5.41) is 15.4. The fraction of sp³-hybridized carbons (Fsp3) is 0. The molecule has 1 heterocycles. The maximum Gasteiger partial charge on any atom is 0.434 e. The Kier molecular flexibility index (Phi) is 2.42. The van der Waals surface area contributed by atoms with E-state index >= 15 is 0 Å². The van der Waals surface area contributed by atoms with Crippen molar-refractivity contribution in [3.05, 3.63) is 44.4 Å². The van der Waals surface area contributed by atoms with Gasteiger partial charge in [0.2, 0.25) is 5.82 Å².